The molecule has 0 saturated heterocycles. The Morgan fingerprint density at radius 2 is 1.64 bits per heavy atom. The molecule has 6 heteroatoms. The van der Waals surface area contributed by atoms with Gasteiger partial charge in [-0.15, -0.1) is 0 Å². The van der Waals surface area contributed by atoms with Crippen LogP contribution in [0.5, 0.6) is 0 Å². The lowest BCUT2D eigenvalue weighted by atomic mass is 10.2. The van der Waals surface area contributed by atoms with Gasteiger partial charge in [0.15, 0.2) is 0 Å². The van der Waals surface area contributed by atoms with Crippen molar-refractivity contribution in [3.05, 3.63) is 64.8 Å². The van der Waals surface area contributed by atoms with E-state index in [2.05, 4.69) is 53.6 Å². The standard InChI is InChI=1S/C19H20BrN5/c1-13-11-18(22-15-7-9-17(10-8-15)25(2)3)24-19(21-13)23-16-6-4-5-14(20)12-16/h4-12H,1-3H3,(H2,21,22,23,24). The van der Waals surface area contributed by atoms with Gasteiger partial charge in [0.1, 0.15) is 5.82 Å². The molecule has 2 aromatic carbocycles. The number of aryl methyl sites for hydroxylation is 1. The van der Waals surface area contributed by atoms with E-state index in [0.29, 0.717) is 5.95 Å². The SMILES string of the molecule is Cc1cc(Nc2ccc(N(C)C)cc2)nc(Nc2cccc(Br)c2)n1. The molecule has 5 nitrogen and oxygen atoms in total. The first kappa shape index (κ1) is 17.2. The molecule has 0 saturated carbocycles. The van der Waals surface area contributed by atoms with Crippen LogP contribution in [0.4, 0.5) is 28.8 Å². The molecular weight excluding hydrogens is 378 g/mol. The van der Waals surface area contributed by atoms with Crippen LogP contribution in [0.25, 0.3) is 0 Å². The van der Waals surface area contributed by atoms with Crippen LogP contribution in [-0.4, -0.2) is 24.1 Å². The van der Waals surface area contributed by atoms with Gasteiger partial charge in [0.2, 0.25) is 5.95 Å². The van der Waals surface area contributed by atoms with Crippen LogP contribution in [0.1, 0.15) is 5.69 Å². The van der Waals surface area contributed by atoms with Crippen molar-refractivity contribution < 1.29 is 0 Å². The maximum absolute atomic E-state index is 4.55. The molecule has 0 unspecified atom stereocenters. The Balaban J connectivity index is 1.79. The highest BCUT2D eigenvalue weighted by Gasteiger charge is 2.04. The van der Waals surface area contributed by atoms with Crippen molar-refractivity contribution in [3.8, 4) is 0 Å². The molecule has 1 aromatic heterocycles. The van der Waals surface area contributed by atoms with Crippen molar-refractivity contribution in [2.75, 3.05) is 29.6 Å². The van der Waals surface area contributed by atoms with Crippen molar-refractivity contribution in [3.63, 3.8) is 0 Å². The van der Waals surface area contributed by atoms with Crippen molar-refractivity contribution in [2.24, 2.45) is 0 Å². The normalized spacial score (nSPS) is 10.4. The largest absolute Gasteiger partial charge is 0.378 e. The lowest BCUT2D eigenvalue weighted by molar-refractivity contribution is 1.11. The summed E-state index contributed by atoms with van der Waals surface area (Å²) in [6.07, 6.45) is 0. The van der Waals surface area contributed by atoms with E-state index in [4.69, 9.17) is 0 Å². The highest BCUT2D eigenvalue weighted by atomic mass is 79.9. The number of hydrogen-bond acceptors (Lipinski definition) is 5. The summed E-state index contributed by atoms with van der Waals surface area (Å²) in [6.45, 7) is 1.95. The van der Waals surface area contributed by atoms with Crippen molar-refractivity contribution in [1.82, 2.24) is 9.97 Å². The molecular formula is C19H20BrN5. The highest BCUT2D eigenvalue weighted by Crippen LogP contribution is 2.22. The van der Waals surface area contributed by atoms with E-state index in [1.54, 1.807) is 0 Å². The van der Waals surface area contributed by atoms with Crippen LogP contribution in [0.15, 0.2) is 59.1 Å². The summed E-state index contributed by atoms with van der Waals surface area (Å²) in [7, 11) is 4.05. The molecule has 0 aliphatic rings. The zero-order valence-electron chi connectivity index (χ0n) is 14.4. The molecule has 2 N–H and O–H groups in total. The quantitative estimate of drug-likeness (QED) is 0.626. The lowest BCUT2D eigenvalue weighted by Crippen LogP contribution is -2.08. The number of aromatic nitrogens is 2. The van der Waals surface area contributed by atoms with E-state index >= 15 is 0 Å². The fraction of sp³-hybridized carbons (Fsp3) is 0.158. The predicted molar refractivity (Wildman–Crippen MR) is 108 cm³/mol. The molecule has 128 valence electrons. The van der Waals surface area contributed by atoms with Gasteiger partial charge in [-0.2, -0.15) is 4.98 Å². The van der Waals surface area contributed by atoms with Gasteiger partial charge in [-0.05, 0) is 49.4 Å². The molecule has 0 fully saturated rings. The summed E-state index contributed by atoms with van der Waals surface area (Å²) < 4.78 is 1.00. The molecule has 0 aliphatic carbocycles. The second-order valence-corrected chi connectivity index (χ2v) is 6.84. The number of halogens is 1. The maximum atomic E-state index is 4.55. The second kappa shape index (κ2) is 7.53. The van der Waals surface area contributed by atoms with Crippen molar-refractivity contribution in [2.45, 2.75) is 6.92 Å². The molecule has 1 heterocycles. The Morgan fingerprint density at radius 1 is 0.880 bits per heavy atom. The minimum absolute atomic E-state index is 0.561. The Kier molecular flexibility index (Phi) is 5.19. The predicted octanol–water partition coefficient (Wildman–Crippen LogP) is 5.10. The van der Waals surface area contributed by atoms with Gasteiger partial charge in [-0.1, -0.05) is 22.0 Å². The fourth-order valence-electron chi connectivity index (χ4n) is 2.37. The number of rotatable bonds is 5. The van der Waals surface area contributed by atoms with Gasteiger partial charge in [-0.3, -0.25) is 0 Å². The molecule has 3 aromatic rings. The first-order valence-electron chi connectivity index (χ1n) is 7.92. The Hall–Kier alpha value is -2.60. The third kappa shape index (κ3) is 4.70. The Bertz CT molecular complexity index is 862. The Morgan fingerprint density at radius 3 is 2.32 bits per heavy atom. The highest BCUT2D eigenvalue weighted by molar-refractivity contribution is 9.10. The van der Waals surface area contributed by atoms with Gasteiger partial charge in [0, 0.05) is 47.4 Å². The van der Waals surface area contributed by atoms with Gasteiger partial charge in [0.05, 0.1) is 0 Å². The van der Waals surface area contributed by atoms with Gasteiger partial charge in [-0.25, -0.2) is 4.98 Å². The van der Waals surface area contributed by atoms with E-state index in [0.717, 1.165) is 33.0 Å². The van der Waals surface area contributed by atoms with E-state index in [9.17, 15) is 0 Å². The number of benzene rings is 2. The van der Waals surface area contributed by atoms with Gasteiger partial charge in [0.25, 0.3) is 0 Å². The van der Waals surface area contributed by atoms with Gasteiger partial charge < -0.3 is 15.5 Å². The van der Waals surface area contributed by atoms with E-state index in [-0.39, 0.29) is 0 Å². The molecule has 0 atom stereocenters. The van der Waals surface area contributed by atoms with Crippen LogP contribution in [0, 0.1) is 6.92 Å². The average molecular weight is 398 g/mol. The first-order chi connectivity index (χ1) is 12.0. The molecule has 3 rings (SSSR count). The zero-order chi connectivity index (χ0) is 17.8. The maximum Gasteiger partial charge on any atom is 0.229 e. The van der Waals surface area contributed by atoms with Crippen molar-refractivity contribution in [1.29, 1.82) is 0 Å². The number of nitrogens with zero attached hydrogens (tertiary/aromatic N) is 3. The van der Waals surface area contributed by atoms with E-state index in [1.165, 1.54) is 0 Å². The second-order valence-electron chi connectivity index (χ2n) is 5.92. The molecule has 0 bridgehead atoms. The minimum atomic E-state index is 0.561. The average Bonchev–Trinajstić information content (AvgIpc) is 2.54. The summed E-state index contributed by atoms with van der Waals surface area (Å²) in [5.74, 6) is 1.31. The fourth-order valence-corrected chi connectivity index (χ4v) is 2.77. The van der Waals surface area contributed by atoms with E-state index in [1.807, 2.05) is 63.5 Å². The van der Waals surface area contributed by atoms with Crippen molar-refractivity contribution >= 4 is 44.8 Å². The third-order valence-electron chi connectivity index (χ3n) is 3.59. The summed E-state index contributed by atoms with van der Waals surface area (Å²) >= 11 is 3.47. The first-order valence-corrected chi connectivity index (χ1v) is 8.71. The summed E-state index contributed by atoms with van der Waals surface area (Å²) in [4.78, 5) is 11.1. The van der Waals surface area contributed by atoms with Crippen LogP contribution in [0.3, 0.4) is 0 Å². The third-order valence-corrected chi connectivity index (χ3v) is 4.08. The molecule has 0 spiro atoms. The molecule has 25 heavy (non-hydrogen) atoms. The smallest absolute Gasteiger partial charge is 0.229 e. The zero-order valence-corrected chi connectivity index (χ0v) is 16.0. The van der Waals surface area contributed by atoms with Crippen LogP contribution >= 0.6 is 15.9 Å². The van der Waals surface area contributed by atoms with Crippen LogP contribution in [0.2, 0.25) is 0 Å². The van der Waals surface area contributed by atoms with E-state index < -0.39 is 0 Å². The summed E-state index contributed by atoms with van der Waals surface area (Å²) in [6, 6.07) is 18.0. The minimum Gasteiger partial charge on any atom is -0.378 e. The molecule has 0 aliphatic heterocycles. The van der Waals surface area contributed by atoms with Gasteiger partial charge >= 0.3 is 0 Å². The topological polar surface area (TPSA) is 53.1 Å². The molecule has 0 radical (unpaired) electrons. The van der Waals surface area contributed by atoms with Crippen LogP contribution in [-0.2, 0) is 0 Å². The summed E-state index contributed by atoms with van der Waals surface area (Å²) in [5, 5.41) is 6.57. The molecule has 0 amide bonds. The number of anilines is 5. The monoisotopic (exact) mass is 397 g/mol. The number of hydrogen-bond donors (Lipinski definition) is 2. The van der Waals surface area contributed by atoms with Crippen LogP contribution < -0.4 is 15.5 Å². The number of nitrogens with one attached hydrogen (secondary N) is 2. The summed E-state index contributed by atoms with van der Waals surface area (Å²) in [5.41, 5.74) is 3.96. The Labute approximate surface area is 156 Å². The lowest BCUT2D eigenvalue weighted by Gasteiger charge is -2.14.